The molecule has 0 bridgehead atoms. The minimum Gasteiger partial charge on any atom is -0.372 e. The van der Waals surface area contributed by atoms with Gasteiger partial charge in [0.2, 0.25) is 11.8 Å². The summed E-state index contributed by atoms with van der Waals surface area (Å²) in [5.74, 6) is -0.877. The van der Waals surface area contributed by atoms with Crippen LogP contribution in [0.1, 0.15) is 25.8 Å². The SMILES string of the molecule is CCN(CC)c1ccc(NC(=O)CC(=O)Nc2ccccc2C#N)cc1. The van der Waals surface area contributed by atoms with E-state index in [4.69, 9.17) is 5.26 Å². The molecular formula is C20H22N4O2. The lowest BCUT2D eigenvalue weighted by Crippen LogP contribution is -2.22. The van der Waals surface area contributed by atoms with Crippen LogP contribution in [-0.4, -0.2) is 24.9 Å². The molecule has 0 unspecified atom stereocenters. The Morgan fingerprint density at radius 3 is 2.19 bits per heavy atom. The molecule has 0 heterocycles. The second-order valence-corrected chi connectivity index (χ2v) is 5.65. The van der Waals surface area contributed by atoms with Gasteiger partial charge in [0.25, 0.3) is 0 Å². The van der Waals surface area contributed by atoms with E-state index in [0.717, 1.165) is 18.8 Å². The zero-order valence-corrected chi connectivity index (χ0v) is 15.0. The predicted octanol–water partition coefficient (Wildman–Crippen LogP) is 3.37. The largest absolute Gasteiger partial charge is 0.372 e. The maximum atomic E-state index is 12.1. The summed E-state index contributed by atoms with van der Waals surface area (Å²) in [6, 6.07) is 16.2. The fourth-order valence-corrected chi connectivity index (χ4v) is 2.58. The van der Waals surface area contributed by atoms with Gasteiger partial charge in [0.05, 0.1) is 11.3 Å². The number of rotatable bonds is 7. The number of nitrogens with one attached hydrogen (secondary N) is 2. The van der Waals surface area contributed by atoms with E-state index in [2.05, 4.69) is 29.4 Å². The first-order valence-corrected chi connectivity index (χ1v) is 8.51. The maximum Gasteiger partial charge on any atom is 0.233 e. The van der Waals surface area contributed by atoms with Crippen molar-refractivity contribution in [3.05, 3.63) is 54.1 Å². The van der Waals surface area contributed by atoms with Crippen LogP contribution in [0.3, 0.4) is 0 Å². The molecule has 134 valence electrons. The van der Waals surface area contributed by atoms with Crippen molar-refractivity contribution in [1.29, 1.82) is 5.26 Å². The second-order valence-electron chi connectivity index (χ2n) is 5.65. The summed E-state index contributed by atoms with van der Waals surface area (Å²) < 4.78 is 0. The van der Waals surface area contributed by atoms with E-state index in [9.17, 15) is 9.59 Å². The molecule has 2 amide bonds. The molecule has 0 atom stereocenters. The third-order valence-corrected chi connectivity index (χ3v) is 3.92. The number of anilines is 3. The Morgan fingerprint density at radius 2 is 1.58 bits per heavy atom. The van der Waals surface area contributed by atoms with Crippen molar-refractivity contribution in [2.75, 3.05) is 28.6 Å². The van der Waals surface area contributed by atoms with Crippen molar-refractivity contribution in [3.63, 3.8) is 0 Å². The molecule has 6 nitrogen and oxygen atoms in total. The smallest absolute Gasteiger partial charge is 0.233 e. The zero-order chi connectivity index (χ0) is 18.9. The number of nitrogens with zero attached hydrogens (tertiary/aromatic N) is 2. The highest BCUT2D eigenvalue weighted by atomic mass is 16.2. The van der Waals surface area contributed by atoms with Crippen LogP contribution in [0.15, 0.2) is 48.5 Å². The first-order valence-electron chi connectivity index (χ1n) is 8.51. The molecular weight excluding hydrogens is 328 g/mol. The van der Waals surface area contributed by atoms with Crippen LogP contribution in [0.2, 0.25) is 0 Å². The Labute approximate surface area is 153 Å². The van der Waals surface area contributed by atoms with Crippen LogP contribution in [0.4, 0.5) is 17.1 Å². The Hall–Kier alpha value is -3.33. The van der Waals surface area contributed by atoms with Gasteiger partial charge in [-0.3, -0.25) is 9.59 Å². The highest BCUT2D eigenvalue weighted by Gasteiger charge is 2.12. The number of carbonyl (C=O) groups excluding carboxylic acids is 2. The number of carbonyl (C=O) groups is 2. The lowest BCUT2D eigenvalue weighted by Gasteiger charge is -2.21. The molecule has 0 aliphatic carbocycles. The highest BCUT2D eigenvalue weighted by molar-refractivity contribution is 6.08. The fourth-order valence-electron chi connectivity index (χ4n) is 2.58. The van der Waals surface area contributed by atoms with Gasteiger partial charge in [0.15, 0.2) is 0 Å². The van der Waals surface area contributed by atoms with Crippen LogP contribution < -0.4 is 15.5 Å². The summed E-state index contributed by atoms with van der Waals surface area (Å²) >= 11 is 0. The first kappa shape index (κ1) is 19.0. The quantitative estimate of drug-likeness (QED) is 0.750. The van der Waals surface area contributed by atoms with Crippen LogP contribution in [0.5, 0.6) is 0 Å². The molecule has 2 N–H and O–H groups in total. The Bertz CT molecular complexity index is 805. The average molecular weight is 350 g/mol. The van der Waals surface area contributed by atoms with Crippen molar-refractivity contribution < 1.29 is 9.59 Å². The molecule has 0 aromatic heterocycles. The van der Waals surface area contributed by atoms with Gasteiger partial charge in [-0.1, -0.05) is 12.1 Å². The van der Waals surface area contributed by atoms with Gasteiger partial charge in [-0.2, -0.15) is 5.26 Å². The van der Waals surface area contributed by atoms with E-state index in [1.165, 1.54) is 0 Å². The lowest BCUT2D eigenvalue weighted by atomic mass is 10.2. The Kier molecular flexibility index (Phi) is 6.75. The highest BCUT2D eigenvalue weighted by Crippen LogP contribution is 2.18. The van der Waals surface area contributed by atoms with Crippen LogP contribution in [-0.2, 0) is 9.59 Å². The van der Waals surface area contributed by atoms with E-state index in [1.807, 2.05) is 30.3 Å². The molecule has 6 heteroatoms. The van der Waals surface area contributed by atoms with E-state index < -0.39 is 11.8 Å². The zero-order valence-electron chi connectivity index (χ0n) is 15.0. The van der Waals surface area contributed by atoms with Gasteiger partial charge in [0, 0.05) is 24.5 Å². The van der Waals surface area contributed by atoms with Gasteiger partial charge in [-0.05, 0) is 50.2 Å². The summed E-state index contributed by atoms with van der Waals surface area (Å²) in [6.45, 7) is 5.99. The molecule has 2 aromatic rings. The number of hydrogen-bond acceptors (Lipinski definition) is 4. The van der Waals surface area contributed by atoms with Gasteiger partial charge in [-0.15, -0.1) is 0 Å². The molecule has 0 radical (unpaired) electrons. The molecule has 26 heavy (non-hydrogen) atoms. The number of nitriles is 1. The van der Waals surface area contributed by atoms with Crippen molar-refractivity contribution in [2.45, 2.75) is 20.3 Å². The molecule has 0 aliphatic heterocycles. The molecule has 2 aromatic carbocycles. The van der Waals surface area contributed by atoms with Crippen molar-refractivity contribution in [1.82, 2.24) is 0 Å². The second kappa shape index (κ2) is 9.23. The minimum atomic E-state index is -0.468. The van der Waals surface area contributed by atoms with E-state index >= 15 is 0 Å². The number of hydrogen-bond donors (Lipinski definition) is 2. The lowest BCUT2D eigenvalue weighted by molar-refractivity contribution is -0.123. The third-order valence-electron chi connectivity index (χ3n) is 3.92. The summed E-state index contributed by atoms with van der Waals surface area (Å²) in [7, 11) is 0. The van der Waals surface area contributed by atoms with Crippen LogP contribution >= 0.6 is 0 Å². The fraction of sp³-hybridized carbons (Fsp3) is 0.250. The molecule has 0 aliphatic rings. The molecule has 0 saturated heterocycles. The number of amides is 2. The summed E-state index contributed by atoms with van der Waals surface area (Å²) in [6.07, 6.45) is -0.322. The topological polar surface area (TPSA) is 85.2 Å². The monoisotopic (exact) mass is 350 g/mol. The van der Waals surface area contributed by atoms with Crippen LogP contribution in [0, 0.1) is 11.3 Å². The summed E-state index contributed by atoms with van der Waals surface area (Å²) in [5.41, 5.74) is 2.47. The number of para-hydroxylation sites is 1. The van der Waals surface area contributed by atoms with Crippen molar-refractivity contribution in [3.8, 4) is 6.07 Å². The van der Waals surface area contributed by atoms with Crippen LogP contribution in [0.25, 0.3) is 0 Å². The Balaban J connectivity index is 1.92. The van der Waals surface area contributed by atoms with Crippen molar-refractivity contribution in [2.24, 2.45) is 0 Å². The standard InChI is InChI=1S/C20H22N4O2/c1-3-24(4-2)17-11-9-16(10-12-17)22-19(25)13-20(26)23-18-8-6-5-7-15(18)14-21/h5-12H,3-4,13H2,1-2H3,(H,22,25)(H,23,26). The summed E-state index contributed by atoms with van der Waals surface area (Å²) in [5, 5.41) is 14.3. The molecule has 0 saturated carbocycles. The number of benzene rings is 2. The Morgan fingerprint density at radius 1 is 0.962 bits per heavy atom. The maximum absolute atomic E-state index is 12.1. The first-order chi connectivity index (χ1) is 12.6. The van der Waals surface area contributed by atoms with Gasteiger partial charge in [-0.25, -0.2) is 0 Å². The van der Waals surface area contributed by atoms with Gasteiger partial charge >= 0.3 is 0 Å². The van der Waals surface area contributed by atoms with Gasteiger partial charge in [0.1, 0.15) is 12.5 Å². The molecule has 2 rings (SSSR count). The normalized spacial score (nSPS) is 9.88. The van der Waals surface area contributed by atoms with E-state index in [-0.39, 0.29) is 6.42 Å². The van der Waals surface area contributed by atoms with E-state index in [0.29, 0.717) is 16.9 Å². The molecule has 0 spiro atoms. The average Bonchev–Trinajstić information content (AvgIpc) is 2.64. The third kappa shape index (κ3) is 5.08. The molecule has 0 fully saturated rings. The summed E-state index contributed by atoms with van der Waals surface area (Å²) in [4.78, 5) is 26.3. The van der Waals surface area contributed by atoms with Crippen molar-refractivity contribution >= 4 is 28.9 Å². The predicted molar refractivity (Wildman–Crippen MR) is 103 cm³/mol. The van der Waals surface area contributed by atoms with Gasteiger partial charge < -0.3 is 15.5 Å². The minimum absolute atomic E-state index is 0.322. The van der Waals surface area contributed by atoms with E-state index in [1.54, 1.807) is 24.3 Å².